The first-order valence-corrected chi connectivity index (χ1v) is 7.20. The lowest BCUT2D eigenvalue weighted by atomic mass is 9.62. The van der Waals surface area contributed by atoms with Crippen molar-refractivity contribution in [3.63, 3.8) is 0 Å². The minimum atomic E-state index is -0.511. The molecule has 96 valence electrons. The Morgan fingerprint density at radius 3 is 2.12 bits per heavy atom. The zero-order valence-electron chi connectivity index (χ0n) is 10.5. The number of carbonyl (C=O) groups is 1. The van der Waals surface area contributed by atoms with Gasteiger partial charge in [-0.05, 0) is 44.4 Å². The molecule has 2 atom stereocenters. The van der Waals surface area contributed by atoms with Crippen molar-refractivity contribution in [2.75, 3.05) is 0 Å². The number of rotatable bonds is 2. The molecule has 0 aromatic rings. The van der Waals surface area contributed by atoms with Gasteiger partial charge < -0.3 is 10.4 Å². The van der Waals surface area contributed by atoms with Crippen molar-refractivity contribution in [3.8, 4) is 0 Å². The summed E-state index contributed by atoms with van der Waals surface area (Å²) >= 11 is 0. The van der Waals surface area contributed by atoms with Gasteiger partial charge in [-0.1, -0.05) is 19.3 Å². The van der Waals surface area contributed by atoms with E-state index < -0.39 is 11.4 Å². The number of aliphatic carboxylic acids is 1. The highest BCUT2D eigenvalue weighted by atomic mass is 16.4. The topological polar surface area (TPSA) is 49.3 Å². The Morgan fingerprint density at radius 2 is 1.59 bits per heavy atom. The van der Waals surface area contributed by atoms with Gasteiger partial charge in [-0.3, -0.25) is 4.79 Å². The van der Waals surface area contributed by atoms with Crippen molar-refractivity contribution in [3.05, 3.63) is 0 Å². The third-order valence-corrected chi connectivity index (χ3v) is 5.37. The summed E-state index contributed by atoms with van der Waals surface area (Å²) in [6, 6.07) is 0.957. The lowest BCUT2D eigenvalue weighted by molar-refractivity contribution is -0.157. The van der Waals surface area contributed by atoms with Gasteiger partial charge in [0.05, 0.1) is 5.41 Å². The molecule has 3 rings (SSSR count). The zero-order chi connectivity index (χ0) is 11.9. The summed E-state index contributed by atoms with van der Waals surface area (Å²) in [6.07, 6.45) is 10.2. The van der Waals surface area contributed by atoms with E-state index in [0.717, 1.165) is 25.7 Å². The Hall–Kier alpha value is -0.570. The Balaban J connectivity index is 1.84. The number of nitrogens with one attached hydrogen (secondary N) is 1. The van der Waals surface area contributed by atoms with Crippen LogP contribution in [0.5, 0.6) is 0 Å². The minimum absolute atomic E-state index is 0.391. The molecule has 0 spiro atoms. The molecular weight excluding hydrogens is 214 g/mol. The largest absolute Gasteiger partial charge is 0.481 e. The highest BCUT2D eigenvalue weighted by Crippen LogP contribution is 2.50. The van der Waals surface area contributed by atoms with E-state index >= 15 is 0 Å². The Morgan fingerprint density at radius 1 is 1.00 bits per heavy atom. The van der Waals surface area contributed by atoms with E-state index in [-0.39, 0.29) is 0 Å². The van der Waals surface area contributed by atoms with Gasteiger partial charge in [-0.25, -0.2) is 0 Å². The van der Waals surface area contributed by atoms with Crippen molar-refractivity contribution in [1.82, 2.24) is 5.32 Å². The van der Waals surface area contributed by atoms with Crippen LogP contribution in [0.2, 0.25) is 0 Å². The highest BCUT2D eigenvalue weighted by Gasteiger charge is 2.52. The maximum absolute atomic E-state index is 11.9. The third-order valence-electron chi connectivity index (χ3n) is 5.37. The first kappa shape index (κ1) is 11.5. The number of carboxylic acid groups (broad SMARTS) is 1. The molecule has 2 saturated heterocycles. The second kappa shape index (κ2) is 4.27. The minimum Gasteiger partial charge on any atom is -0.481 e. The fourth-order valence-electron chi connectivity index (χ4n) is 4.52. The average molecular weight is 237 g/mol. The van der Waals surface area contributed by atoms with Crippen LogP contribution >= 0.6 is 0 Å². The maximum Gasteiger partial charge on any atom is 0.310 e. The molecule has 0 amide bonds. The van der Waals surface area contributed by atoms with Gasteiger partial charge in [0.2, 0.25) is 0 Å². The highest BCUT2D eigenvalue weighted by molar-refractivity contribution is 5.75. The van der Waals surface area contributed by atoms with Crippen LogP contribution in [0.4, 0.5) is 0 Å². The van der Waals surface area contributed by atoms with Crippen LogP contribution in [-0.4, -0.2) is 23.2 Å². The molecular formula is C14H23NO2. The van der Waals surface area contributed by atoms with Gasteiger partial charge in [0.15, 0.2) is 0 Å². The molecule has 2 bridgehead atoms. The van der Waals surface area contributed by atoms with E-state index in [4.69, 9.17) is 0 Å². The molecule has 3 aliphatic rings. The van der Waals surface area contributed by atoms with Crippen LogP contribution < -0.4 is 5.32 Å². The number of hydrogen-bond donors (Lipinski definition) is 2. The van der Waals surface area contributed by atoms with E-state index in [0.29, 0.717) is 18.0 Å². The molecule has 1 saturated carbocycles. The second-order valence-corrected chi connectivity index (χ2v) is 6.34. The smallest absolute Gasteiger partial charge is 0.310 e. The molecule has 1 aliphatic carbocycles. The summed E-state index contributed by atoms with van der Waals surface area (Å²) in [4.78, 5) is 11.9. The summed E-state index contributed by atoms with van der Waals surface area (Å²) in [7, 11) is 0. The van der Waals surface area contributed by atoms with Gasteiger partial charge in [-0.2, -0.15) is 0 Å². The van der Waals surface area contributed by atoms with Gasteiger partial charge in [0.25, 0.3) is 0 Å². The van der Waals surface area contributed by atoms with Gasteiger partial charge in [0, 0.05) is 12.1 Å². The van der Waals surface area contributed by atoms with Gasteiger partial charge in [0.1, 0.15) is 0 Å². The number of carboxylic acids is 1. The predicted octanol–water partition coefficient (Wildman–Crippen LogP) is 2.55. The first-order valence-electron chi connectivity index (χ1n) is 7.20. The van der Waals surface area contributed by atoms with E-state index in [9.17, 15) is 9.90 Å². The maximum atomic E-state index is 11.9. The summed E-state index contributed by atoms with van der Waals surface area (Å²) in [5.41, 5.74) is -0.391. The Bertz CT molecular complexity index is 297. The van der Waals surface area contributed by atoms with Crippen molar-refractivity contribution < 1.29 is 9.90 Å². The molecule has 3 nitrogen and oxygen atoms in total. The number of hydrogen-bond acceptors (Lipinski definition) is 2. The number of piperidine rings is 1. The lowest BCUT2D eigenvalue weighted by Gasteiger charge is -2.44. The van der Waals surface area contributed by atoms with Crippen molar-refractivity contribution in [1.29, 1.82) is 0 Å². The zero-order valence-corrected chi connectivity index (χ0v) is 10.5. The quantitative estimate of drug-likeness (QED) is 0.776. The van der Waals surface area contributed by atoms with Gasteiger partial charge in [-0.15, -0.1) is 0 Å². The van der Waals surface area contributed by atoms with Crippen molar-refractivity contribution in [2.45, 2.75) is 69.9 Å². The fraction of sp³-hybridized carbons (Fsp3) is 0.929. The predicted molar refractivity (Wildman–Crippen MR) is 65.8 cm³/mol. The number of fused-ring (bicyclic) bond motifs is 2. The standard InChI is InChI=1S/C14H23NO2/c16-13(17)14(10-4-2-1-3-5-10)8-11-6-7-12(9-14)15-11/h10-12,15H,1-9H2,(H,16,17). The molecule has 17 heavy (non-hydrogen) atoms. The Labute approximate surface area is 103 Å². The monoisotopic (exact) mass is 237 g/mol. The third kappa shape index (κ3) is 1.88. The molecule has 2 N–H and O–H groups in total. The summed E-state index contributed by atoms with van der Waals surface area (Å²) < 4.78 is 0. The van der Waals surface area contributed by atoms with E-state index in [1.54, 1.807) is 0 Å². The van der Waals surface area contributed by atoms with Crippen LogP contribution in [0.25, 0.3) is 0 Å². The van der Waals surface area contributed by atoms with Crippen molar-refractivity contribution in [2.24, 2.45) is 11.3 Å². The second-order valence-electron chi connectivity index (χ2n) is 6.34. The van der Waals surface area contributed by atoms with E-state index in [1.165, 1.54) is 32.1 Å². The van der Waals surface area contributed by atoms with Crippen LogP contribution in [-0.2, 0) is 4.79 Å². The molecule has 2 heterocycles. The molecule has 3 fully saturated rings. The summed E-state index contributed by atoms with van der Waals surface area (Å²) in [6.45, 7) is 0. The van der Waals surface area contributed by atoms with Crippen LogP contribution in [0.1, 0.15) is 57.8 Å². The van der Waals surface area contributed by atoms with Crippen LogP contribution in [0.15, 0.2) is 0 Å². The molecule has 0 aromatic carbocycles. The summed E-state index contributed by atoms with van der Waals surface area (Å²) in [5.74, 6) is -0.0678. The van der Waals surface area contributed by atoms with E-state index in [2.05, 4.69) is 5.32 Å². The SMILES string of the molecule is O=C(O)C1(C2CCCCC2)CC2CCC(C1)N2. The normalized spacial score (nSPS) is 42.6. The fourth-order valence-corrected chi connectivity index (χ4v) is 4.52. The average Bonchev–Trinajstić information content (AvgIpc) is 2.69. The molecule has 3 heteroatoms. The van der Waals surface area contributed by atoms with Crippen LogP contribution in [0.3, 0.4) is 0 Å². The molecule has 2 aliphatic heterocycles. The Kier molecular flexibility index (Phi) is 2.89. The first-order chi connectivity index (χ1) is 8.21. The van der Waals surface area contributed by atoms with Gasteiger partial charge >= 0.3 is 5.97 Å². The molecule has 2 unspecified atom stereocenters. The van der Waals surface area contributed by atoms with Crippen LogP contribution in [0, 0.1) is 11.3 Å². The molecule has 0 radical (unpaired) electrons. The van der Waals surface area contributed by atoms with E-state index in [1.807, 2.05) is 0 Å². The lowest BCUT2D eigenvalue weighted by Crippen LogP contribution is -2.52. The summed E-state index contributed by atoms with van der Waals surface area (Å²) in [5, 5.41) is 13.4. The van der Waals surface area contributed by atoms with Crippen molar-refractivity contribution >= 4 is 5.97 Å². The molecule has 0 aromatic heterocycles.